The van der Waals surface area contributed by atoms with Crippen molar-refractivity contribution in [1.82, 2.24) is 5.48 Å². The van der Waals surface area contributed by atoms with E-state index in [0.717, 1.165) is 5.56 Å². The van der Waals surface area contributed by atoms with Gasteiger partial charge in [0.15, 0.2) is 5.75 Å². The van der Waals surface area contributed by atoms with Crippen LogP contribution in [0, 0.1) is 0 Å². The molecule has 1 aliphatic heterocycles. The van der Waals surface area contributed by atoms with Gasteiger partial charge in [0, 0.05) is 21.0 Å². The van der Waals surface area contributed by atoms with Gasteiger partial charge >= 0.3 is 0 Å². The number of hydroxylamine groups is 1. The Morgan fingerprint density at radius 2 is 2.26 bits per heavy atom. The molecule has 1 aliphatic rings. The lowest BCUT2D eigenvalue weighted by Crippen LogP contribution is -2.19. The number of benzene rings is 1. The molecule has 19 heavy (non-hydrogen) atoms. The van der Waals surface area contributed by atoms with Crippen LogP contribution in [0.3, 0.4) is 0 Å². The second-order valence-corrected chi connectivity index (χ2v) is 4.70. The lowest BCUT2D eigenvalue weighted by Gasteiger charge is -2.15. The van der Waals surface area contributed by atoms with Crippen molar-refractivity contribution in [3.05, 3.63) is 41.8 Å². The smallest absolute Gasteiger partial charge is 0.205 e. The van der Waals surface area contributed by atoms with Gasteiger partial charge in [-0.05, 0) is 17.7 Å². The van der Waals surface area contributed by atoms with Gasteiger partial charge in [0.1, 0.15) is 12.4 Å². The first-order chi connectivity index (χ1) is 9.09. The topological polar surface area (TPSA) is 49.0 Å². The molecule has 0 saturated carbocycles. The minimum atomic E-state index is -0.564. The molecule has 1 aromatic carbocycles. The summed E-state index contributed by atoms with van der Waals surface area (Å²) < 4.78 is 16.0. The quantitative estimate of drug-likeness (QED) is 0.828. The van der Waals surface area contributed by atoms with E-state index in [1.807, 2.05) is 38.1 Å². The summed E-state index contributed by atoms with van der Waals surface area (Å²) in [7, 11) is 1.66. The lowest BCUT2D eigenvalue weighted by atomic mass is 10.2. The van der Waals surface area contributed by atoms with Crippen molar-refractivity contribution in [2.45, 2.75) is 26.2 Å². The molecule has 0 spiro atoms. The summed E-state index contributed by atoms with van der Waals surface area (Å²) in [6, 6.07) is 7.66. The van der Waals surface area contributed by atoms with Crippen LogP contribution >= 0.6 is 0 Å². The number of ether oxygens (including phenoxy) is 3. The first-order valence-corrected chi connectivity index (χ1v) is 6.11. The molecule has 104 valence electrons. The van der Waals surface area contributed by atoms with Crippen LogP contribution in [0.15, 0.2) is 36.2 Å². The zero-order valence-corrected chi connectivity index (χ0v) is 11.4. The molecule has 1 aromatic rings. The predicted molar refractivity (Wildman–Crippen MR) is 70.1 cm³/mol. The van der Waals surface area contributed by atoms with E-state index in [9.17, 15) is 0 Å². The maximum atomic E-state index is 5.53. The normalized spacial score (nSPS) is 19.2. The van der Waals surface area contributed by atoms with Gasteiger partial charge in [-0.1, -0.05) is 12.1 Å². The molecule has 0 atom stereocenters. The summed E-state index contributed by atoms with van der Waals surface area (Å²) in [4.78, 5) is 5.41. The van der Waals surface area contributed by atoms with E-state index in [2.05, 4.69) is 5.48 Å². The summed E-state index contributed by atoms with van der Waals surface area (Å²) in [5.41, 5.74) is 3.79. The SMILES string of the molecule is COCc1cccc(ONC=C2COC(C)(C)O2)c1. The van der Waals surface area contributed by atoms with Crippen LogP contribution in [0.1, 0.15) is 19.4 Å². The van der Waals surface area contributed by atoms with Gasteiger partial charge in [-0.15, -0.1) is 0 Å². The molecular formula is C14H19NO4. The Hall–Kier alpha value is -1.72. The Morgan fingerprint density at radius 3 is 2.95 bits per heavy atom. The summed E-state index contributed by atoms with van der Waals surface area (Å²) in [6.07, 6.45) is 1.65. The number of methoxy groups -OCH3 is 1. The van der Waals surface area contributed by atoms with E-state index < -0.39 is 5.79 Å². The number of rotatable bonds is 5. The van der Waals surface area contributed by atoms with Crippen LogP contribution in [-0.4, -0.2) is 19.5 Å². The van der Waals surface area contributed by atoms with Crippen LogP contribution in [-0.2, 0) is 20.8 Å². The van der Waals surface area contributed by atoms with Gasteiger partial charge in [-0.2, -0.15) is 0 Å². The van der Waals surface area contributed by atoms with Crippen LogP contribution in [0.5, 0.6) is 5.75 Å². The van der Waals surface area contributed by atoms with E-state index >= 15 is 0 Å². The van der Waals surface area contributed by atoms with E-state index in [4.69, 9.17) is 19.0 Å². The third kappa shape index (κ3) is 4.15. The Morgan fingerprint density at radius 1 is 1.42 bits per heavy atom. The zero-order valence-electron chi connectivity index (χ0n) is 11.4. The second-order valence-electron chi connectivity index (χ2n) is 4.70. The van der Waals surface area contributed by atoms with Crippen LogP contribution in [0.2, 0.25) is 0 Å². The Balaban J connectivity index is 1.86. The van der Waals surface area contributed by atoms with Gasteiger partial charge in [-0.3, -0.25) is 0 Å². The fourth-order valence-corrected chi connectivity index (χ4v) is 1.72. The highest BCUT2D eigenvalue weighted by molar-refractivity contribution is 5.27. The van der Waals surface area contributed by atoms with E-state index in [-0.39, 0.29) is 0 Å². The van der Waals surface area contributed by atoms with Crippen molar-refractivity contribution in [3.63, 3.8) is 0 Å². The van der Waals surface area contributed by atoms with Crippen molar-refractivity contribution in [3.8, 4) is 5.75 Å². The molecular weight excluding hydrogens is 246 g/mol. The van der Waals surface area contributed by atoms with Gasteiger partial charge in [0.25, 0.3) is 0 Å². The lowest BCUT2D eigenvalue weighted by molar-refractivity contribution is -0.116. The molecule has 5 nitrogen and oxygen atoms in total. The molecule has 1 saturated heterocycles. The van der Waals surface area contributed by atoms with Crippen LogP contribution in [0.25, 0.3) is 0 Å². The standard InChI is InChI=1S/C14H19NO4/c1-14(2)17-10-13(18-14)8-15-19-12-6-4-5-11(7-12)9-16-3/h4-8,15H,9-10H2,1-3H3. The zero-order chi connectivity index (χ0) is 13.7. The monoisotopic (exact) mass is 265 g/mol. The molecule has 1 fully saturated rings. The maximum absolute atomic E-state index is 5.53. The fourth-order valence-electron chi connectivity index (χ4n) is 1.72. The third-order valence-corrected chi connectivity index (χ3v) is 2.55. The number of hydrogen-bond acceptors (Lipinski definition) is 5. The second kappa shape index (κ2) is 5.95. The molecule has 0 unspecified atom stereocenters. The van der Waals surface area contributed by atoms with E-state index in [0.29, 0.717) is 24.7 Å². The van der Waals surface area contributed by atoms with Crippen molar-refractivity contribution in [2.75, 3.05) is 13.7 Å². The first-order valence-electron chi connectivity index (χ1n) is 6.11. The van der Waals surface area contributed by atoms with Gasteiger partial charge < -0.3 is 19.0 Å². The highest BCUT2D eigenvalue weighted by Gasteiger charge is 2.28. The maximum Gasteiger partial charge on any atom is 0.205 e. The largest absolute Gasteiger partial charge is 0.463 e. The Labute approximate surface area is 113 Å². The Bertz CT molecular complexity index is 457. The summed E-state index contributed by atoms with van der Waals surface area (Å²) in [5, 5.41) is 0. The highest BCUT2D eigenvalue weighted by atomic mass is 16.7. The van der Waals surface area contributed by atoms with Crippen LogP contribution < -0.4 is 10.3 Å². The molecule has 0 aliphatic carbocycles. The van der Waals surface area contributed by atoms with Crippen molar-refractivity contribution < 1.29 is 19.0 Å². The fraction of sp³-hybridized carbons (Fsp3) is 0.429. The van der Waals surface area contributed by atoms with Gasteiger partial charge in [0.05, 0.1) is 12.8 Å². The predicted octanol–water partition coefficient (Wildman–Crippen LogP) is 2.34. The molecule has 0 aromatic heterocycles. The van der Waals surface area contributed by atoms with Gasteiger partial charge in [0.2, 0.25) is 5.79 Å². The average Bonchev–Trinajstić information content (AvgIpc) is 2.70. The third-order valence-electron chi connectivity index (χ3n) is 2.55. The molecule has 0 amide bonds. The summed E-state index contributed by atoms with van der Waals surface area (Å²) in [5.74, 6) is 0.855. The highest BCUT2D eigenvalue weighted by Crippen LogP contribution is 2.24. The van der Waals surface area contributed by atoms with Crippen molar-refractivity contribution in [1.29, 1.82) is 0 Å². The minimum absolute atomic E-state index is 0.438. The average molecular weight is 265 g/mol. The summed E-state index contributed by atoms with van der Waals surface area (Å²) in [6.45, 7) is 4.72. The molecule has 0 radical (unpaired) electrons. The summed E-state index contributed by atoms with van der Waals surface area (Å²) >= 11 is 0. The molecule has 0 bridgehead atoms. The molecule has 1 heterocycles. The van der Waals surface area contributed by atoms with Gasteiger partial charge in [-0.25, -0.2) is 5.48 Å². The van der Waals surface area contributed by atoms with Crippen molar-refractivity contribution in [2.24, 2.45) is 0 Å². The van der Waals surface area contributed by atoms with E-state index in [1.165, 1.54) is 0 Å². The minimum Gasteiger partial charge on any atom is -0.463 e. The van der Waals surface area contributed by atoms with Crippen molar-refractivity contribution >= 4 is 0 Å². The number of nitrogens with one attached hydrogen (secondary N) is 1. The molecule has 1 N–H and O–H groups in total. The Kier molecular flexibility index (Phi) is 4.29. The van der Waals surface area contributed by atoms with E-state index in [1.54, 1.807) is 13.3 Å². The first kappa shape index (κ1) is 13.7. The number of hydrogen-bond donors (Lipinski definition) is 1. The van der Waals surface area contributed by atoms with Crippen LogP contribution in [0.4, 0.5) is 0 Å². The molecule has 2 rings (SSSR count). The molecule has 5 heteroatoms.